The van der Waals surface area contributed by atoms with Crippen molar-refractivity contribution in [3.05, 3.63) is 82.9 Å². The van der Waals surface area contributed by atoms with Crippen molar-refractivity contribution in [2.24, 2.45) is 0 Å². The van der Waals surface area contributed by atoms with E-state index in [0.29, 0.717) is 35.7 Å². The van der Waals surface area contributed by atoms with Crippen LogP contribution < -0.4 is 14.8 Å². The average Bonchev–Trinajstić information content (AvgIpc) is 3.20. The standard InChI is InChI=1S/C24H24N4O3/c1-16-4-6-17(7-5-16)15-28-22-11-9-18(12-21(22)26-27-28)24(29)25-14-19-8-10-20(30-2)13-23(19)31-3/h4-13H,14-15H2,1-3H3,(H,25,29). The Kier molecular flexibility index (Phi) is 5.84. The zero-order valence-corrected chi connectivity index (χ0v) is 17.8. The molecule has 7 heteroatoms. The second-order valence-corrected chi connectivity index (χ2v) is 7.30. The van der Waals surface area contributed by atoms with Gasteiger partial charge in [0.15, 0.2) is 0 Å². The maximum absolute atomic E-state index is 12.7. The molecule has 0 aliphatic heterocycles. The van der Waals surface area contributed by atoms with Crippen molar-refractivity contribution in [1.82, 2.24) is 20.3 Å². The number of carbonyl (C=O) groups excluding carboxylic acids is 1. The molecule has 3 aromatic carbocycles. The third kappa shape index (κ3) is 4.50. The van der Waals surface area contributed by atoms with Gasteiger partial charge in [-0.25, -0.2) is 4.68 Å². The van der Waals surface area contributed by atoms with Crippen LogP contribution in [0.4, 0.5) is 0 Å². The highest BCUT2D eigenvalue weighted by Crippen LogP contribution is 2.24. The molecule has 1 amide bonds. The molecule has 1 heterocycles. The summed E-state index contributed by atoms with van der Waals surface area (Å²) in [6.45, 7) is 3.02. The fourth-order valence-corrected chi connectivity index (χ4v) is 3.37. The van der Waals surface area contributed by atoms with Gasteiger partial charge in [-0.15, -0.1) is 5.10 Å². The van der Waals surface area contributed by atoms with Crippen LogP contribution in [0.3, 0.4) is 0 Å². The molecule has 4 rings (SSSR count). The van der Waals surface area contributed by atoms with Crippen molar-refractivity contribution in [3.8, 4) is 11.5 Å². The van der Waals surface area contributed by atoms with Gasteiger partial charge in [0.05, 0.1) is 26.3 Å². The number of rotatable bonds is 7. The van der Waals surface area contributed by atoms with Crippen LogP contribution in [0.2, 0.25) is 0 Å². The number of ether oxygens (including phenoxy) is 2. The number of amides is 1. The fourth-order valence-electron chi connectivity index (χ4n) is 3.37. The minimum Gasteiger partial charge on any atom is -0.497 e. The molecule has 158 valence electrons. The van der Waals surface area contributed by atoms with Crippen molar-refractivity contribution in [3.63, 3.8) is 0 Å². The topological polar surface area (TPSA) is 78.3 Å². The van der Waals surface area contributed by atoms with Gasteiger partial charge in [-0.1, -0.05) is 35.0 Å². The first kappa shape index (κ1) is 20.4. The van der Waals surface area contributed by atoms with E-state index in [-0.39, 0.29) is 5.91 Å². The van der Waals surface area contributed by atoms with Crippen LogP contribution in [-0.4, -0.2) is 35.1 Å². The predicted octanol–water partition coefficient (Wildman–Crippen LogP) is 3.74. The molecular weight excluding hydrogens is 392 g/mol. The molecule has 0 aliphatic rings. The van der Waals surface area contributed by atoms with Crippen molar-refractivity contribution in [2.75, 3.05) is 14.2 Å². The number of nitrogens with one attached hydrogen (secondary N) is 1. The number of hydrogen-bond acceptors (Lipinski definition) is 5. The van der Waals surface area contributed by atoms with E-state index in [4.69, 9.17) is 9.47 Å². The van der Waals surface area contributed by atoms with Crippen LogP contribution in [0.5, 0.6) is 11.5 Å². The Labute approximate surface area is 180 Å². The lowest BCUT2D eigenvalue weighted by Crippen LogP contribution is -2.23. The lowest BCUT2D eigenvalue weighted by molar-refractivity contribution is 0.0951. The molecule has 7 nitrogen and oxygen atoms in total. The normalized spacial score (nSPS) is 10.8. The van der Waals surface area contributed by atoms with Crippen LogP contribution in [0.15, 0.2) is 60.7 Å². The van der Waals surface area contributed by atoms with Gasteiger partial charge in [0.25, 0.3) is 5.91 Å². The van der Waals surface area contributed by atoms with E-state index >= 15 is 0 Å². The summed E-state index contributed by atoms with van der Waals surface area (Å²) < 4.78 is 12.4. The van der Waals surface area contributed by atoms with Gasteiger partial charge in [0, 0.05) is 23.7 Å². The predicted molar refractivity (Wildman–Crippen MR) is 119 cm³/mol. The summed E-state index contributed by atoms with van der Waals surface area (Å²) in [4.78, 5) is 12.7. The van der Waals surface area contributed by atoms with Crippen molar-refractivity contribution in [2.45, 2.75) is 20.0 Å². The molecule has 0 spiro atoms. The maximum Gasteiger partial charge on any atom is 0.251 e. The van der Waals surface area contributed by atoms with Gasteiger partial charge in [0.2, 0.25) is 0 Å². The smallest absolute Gasteiger partial charge is 0.251 e. The second-order valence-electron chi connectivity index (χ2n) is 7.30. The number of fused-ring (bicyclic) bond motifs is 1. The minimum atomic E-state index is -0.187. The van der Waals surface area contributed by atoms with E-state index in [1.807, 2.05) is 22.9 Å². The molecule has 0 radical (unpaired) electrons. The number of aryl methyl sites for hydroxylation is 1. The van der Waals surface area contributed by atoms with Gasteiger partial charge in [-0.3, -0.25) is 4.79 Å². The molecule has 31 heavy (non-hydrogen) atoms. The highest BCUT2D eigenvalue weighted by atomic mass is 16.5. The maximum atomic E-state index is 12.7. The number of benzene rings is 3. The Balaban J connectivity index is 1.47. The van der Waals surface area contributed by atoms with E-state index in [1.165, 1.54) is 5.56 Å². The summed E-state index contributed by atoms with van der Waals surface area (Å²) in [6, 6.07) is 19.2. The van der Waals surface area contributed by atoms with Crippen LogP contribution in [-0.2, 0) is 13.1 Å². The SMILES string of the molecule is COc1ccc(CNC(=O)c2ccc3c(c2)nnn3Cc2ccc(C)cc2)c(OC)c1. The summed E-state index contributed by atoms with van der Waals surface area (Å²) >= 11 is 0. The first-order valence-electron chi connectivity index (χ1n) is 9.95. The average molecular weight is 416 g/mol. The highest BCUT2D eigenvalue weighted by molar-refractivity contribution is 5.97. The van der Waals surface area contributed by atoms with E-state index in [1.54, 1.807) is 32.4 Å². The fraction of sp³-hybridized carbons (Fsp3) is 0.208. The van der Waals surface area contributed by atoms with Gasteiger partial charge in [0.1, 0.15) is 17.0 Å². The summed E-state index contributed by atoms with van der Waals surface area (Å²) in [7, 11) is 3.19. The quantitative estimate of drug-likeness (QED) is 0.497. The highest BCUT2D eigenvalue weighted by Gasteiger charge is 2.12. The van der Waals surface area contributed by atoms with Gasteiger partial charge in [-0.2, -0.15) is 0 Å². The number of nitrogens with zero attached hydrogens (tertiary/aromatic N) is 3. The monoisotopic (exact) mass is 416 g/mol. The third-order valence-corrected chi connectivity index (χ3v) is 5.16. The zero-order chi connectivity index (χ0) is 21.8. The van der Waals surface area contributed by atoms with Crippen LogP contribution in [0, 0.1) is 6.92 Å². The Bertz CT molecular complexity index is 1220. The summed E-state index contributed by atoms with van der Waals surface area (Å²) in [5.41, 5.74) is 5.32. The van der Waals surface area contributed by atoms with E-state index in [9.17, 15) is 4.79 Å². The number of hydrogen-bond donors (Lipinski definition) is 1. The van der Waals surface area contributed by atoms with E-state index in [0.717, 1.165) is 16.6 Å². The van der Waals surface area contributed by atoms with E-state index < -0.39 is 0 Å². The van der Waals surface area contributed by atoms with Crippen molar-refractivity contribution < 1.29 is 14.3 Å². The Hall–Kier alpha value is -3.87. The number of aromatic nitrogens is 3. The number of methoxy groups -OCH3 is 2. The lowest BCUT2D eigenvalue weighted by Gasteiger charge is -2.11. The molecule has 0 atom stereocenters. The van der Waals surface area contributed by atoms with Gasteiger partial charge in [-0.05, 0) is 42.8 Å². The molecule has 1 aromatic heterocycles. The molecule has 0 fully saturated rings. The van der Waals surface area contributed by atoms with Gasteiger partial charge < -0.3 is 14.8 Å². The van der Waals surface area contributed by atoms with E-state index in [2.05, 4.69) is 46.8 Å². The largest absolute Gasteiger partial charge is 0.497 e. The molecule has 0 bridgehead atoms. The first-order chi connectivity index (χ1) is 15.1. The molecule has 0 saturated heterocycles. The molecule has 0 aliphatic carbocycles. The molecule has 4 aromatic rings. The lowest BCUT2D eigenvalue weighted by atomic mass is 10.1. The Morgan fingerprint density at radius 3 is 2.55 bits per heavy atom. The molecule has 0 saturated carbocycles. The second kappa shape index (κ2) is 8.87. The third-order valence-electron chi connectivity index (χ3n) is 5.16. The molecular formula is C24H24N4O3. The summed E-state index contributed by atoms with van der Waals surface area (Å²) in [5.74, 6) is 1.17. The van der Waals surface area contributed by atoms with Crippen LogP contribution >= 0.6 is 0 Å². The van der Waals surface area contributed by atoms with Crippen LogP contribution in [0.1, 0.15) is 27.0 Å². The van der Waals surface area contributed by atoms with Gasteiger partial charge >= 0.3 is 0 Å². The number of carbonyl (C=O) groups is 1. The summed E-state index contributed by atoms with van der Waals surface area (Å²) in [5, 5.41) is 11.4. The zero-order valence-electron chi connectivity index (χ0n) is 17.8. The molecule has 0 unspecified atom stereocenters. The van der Waals surface area contributed by atoms with Crippen molar-refractivity contribution in [1.29, 1.82) is 0 Å². The Morgan fingerprint density at radius 1 is 1.00 bits per heavy atom. The minimum absolute atomic E-state index is 0.187. The van der Waals surface area contributed by atoms with Crippen molar-refractivity contribution >= 4 is 16.9 Å². The Morgan fingerprint density at radius 2 is 1.81 bits per heavy atom. The first-order valence-corrected chi connectivity index (χ1v) is 9.95. The molecule has 1 N–H and O–H groups in total. The van der Waals surface area contributed by atoms with Crippen LogP contribution in [0.25, 0.3) is 11.0 Å². The summed E-state index contributed by atoms with van der Waals surface area (Å²) in [6.07, 6.45) is 0.